The number of phosphoric acid groups is 1. The van der Waals surface area contributed by atoms with Crippen molar-refractivity contribution in [3.63, 3.8) is 0 Å². The fraction of sp³-hybridized carbons (Fsp3) is 0.391. The summed E-state index contributed by atoms with van der Waals surface area (Å²) in [6.07, 6.45) is -4.09. The van der Waals surface area contributed by atoms with Crippen LogP contribution in [0.1, 0.15) is 23.1 Å². The Morgan fingerprint density at radius 2 is 1.84 bits per heavy atom. The van der Waals surface area contributed by atoms with Crippen LogP contribution in [-0.4, -0.2) is 53.5 Å². The molecule has 1 atom stereocenters. The number of rotatable bonds is 13. The predicted molar refractivity (Wildman–Crippen MR) is 133 cm³/mol. The standard InChI is InChI=1S/C23H27F3N3O7PS/c1-22(27,14-36-37(30,31)32)21-29-28-20(38-21)16-6-7-19(18(13-16)23(24,25)26)35-11-10-34-9-8-15-4-3-5-17(12-15)33-2/h3-7,12-13H,8-11,14,27H2,1-2H3,(H2,30,31,32)/t22-/m0/s1. The highest BCUT2D eigenvalue weighted by atomic mass is 32.1. The molecule has 38 heavy (non-hydrogen) atoms. The minimum atomic E-state index is -4.77. The molecule has 0 saturated heterocycles. The molecule has 0 saturated carbocycles. The molecule has 1 aromatic heterocycles. The van der Waals surface area contributed by atoms with Gasteiger partial charge in [-0.1, -0.05) is 23.5 Å². The van der Waals surface area contributed by atoms with E-state index in [1.807, 2.05) is 24.3 Å². The fourth-order valence-corrected chi connectivity index (χ4v) is 4.51. The van der Waals surface area contributed by atoms with Crippen LogP contribution in [0, 0.1) is 0 Å². The Bertz CT molecular complexity index is 1270. The van der Waals surface area contributed by atoms with Crippen molar-refractivity contribution in [2.45, 2.75) is 25.1 Å². The van der Waals surface area contributed by atoms with Gasteiger partial charge in [-0.3, -0.25) is 4.52 Å². The van der Waals surface area contributed by atoms with Crippen LogP contribution >= 0.6 is 19.2 Å². The Morgan fingerprint density at radius 1 is 1.08 bits per heavy atom. The van der Waals surface area contributed by atoms with Crippen molar-refractivity contribution in [2.24, 2.45) is 5.73 Å². The maximum absolute atomic E-state index is 13.8. The number of hydrogen-bond acceptors (Lipinski definition) is 9. The van der Waals surface area contributed by atoms with Gasteiger partial charge < -0.3 is 29.7 Å². The number of alkyl halides is 3. The zero-order chi connectivity index (χ0) is 28.0. The zero-order valence-electron chi connectivity index (χ0n) is 20.5. The molecule has 0 fully saturated rings. The van der Waals surface area contributed by atoms with Crippen LogP contribution in [0.15, 0.2) is 42.5 Å². The molecule has 0 spiro atoms. The summed E-state index contributed by atoms with van der Waals surface area (Å²) in [7, 11) is -3.20. The zero-order valence-corrected chi connectivity index (χ0v) is 22.2. The summed E-state index contributed by atoms with van der Waals surface area (Å²) < 4.78 is 72.7. The highest BCUT2D eigenvalue weighted by Crippen LogP contribution is 2.41. The first-order chi connectivity index (χ1) is 17.8. The van der Waals surface area contributed by atoms with E-state index in [-0.39, 0.29) is 34.5 Å². The quantitative estimate of drug-likeness (QED) is 0.200. The van der Waals surface area contributed by atoms with E-state index in [0.29, 0.717) is 13.0 Å². The van der Waals surface area contributed by atoms with Gasteiger partial charge in [0, 0.05) is 5.56 Å². The molecule has 1 heterocycles. The second-order valence-corrected chi connectivity index (χ2v) is 10.6. The average Bonchev–Trinajstić information content (AvgIpc) is 3.36. The van der Waals surface area contributed by atoms with E-state index in [1.165, 1.54) is 19.1 Å². The van der Waals surface area contributed by atoms with Gasteiger partial charge in [-0.2, -0.15) is 13.2 Å². The first-order valence-electron chi connectivity index (χ1n) is 11.2. The number of benzene rings is 2. The lowest BCUT2D eigenvalue weighted by molar-refractivity contribution is -0.139. The van der Waals surface area contributed by atoms with Gasteiger partial charge >= 0.3 is 14.0 Å². The molecule has 4 N–H and O–H groups in total. The lowest BCUT2D eigenvalue weighted by Crippen LogP contribution is -2.37. The summed E-state index contributed by atoms with van der Waals surface area (Å²) in [5.41, 5.74) is 4.71. The third-order valence-electron chi connectivity index (χ3n) is 5.13. The van der Waals surface area contributed by atoms with Gasteiger partial charge in [0.25, 0.3) is 0 Å². The van der Waals surface area contributed by atoms with Gasteiger partial charge in [-0.25, -0.2) is 4.57 Å². The van der Waals surface area contributed by atoms with Gasteiger partial charge in [-0.15, -0.1) is 10.2 Å². The van der Waals surface area contributed by atoms with Crippen molar-refractivity contribution in [3.05, 3.63) is 58.6 Å². The van der Waals surface area contributed by atoms with E-state index in [4.69, 9.17) is 29.7 Å². The van der Waals surface area contributed by atoms with Crippen LogP contribution < -0.4 is 15.2 Å². The minimum absolute atomic E-state index is 0.0887. The molecule has 0 radical (unpaired) electrons. The smallest absolute Gasteiger partial charge is 0.469 e. The number of hydrogen-bond donors (Lipinski definition) is 3. The maximum atomic E-state index is 13.8. The summed E-state index contributed by atoms with van der Waals surface area (Å²) >= 11 is 0.880. The van der Waals surface area contributed by atoms with Crippen molar-refractivity contribution in [1.82, 2.24) is 10.2 Å². The van der Waals surface area contributed by atoms with Gasteiger partial charge in [0.15, 0.2) is 0 Å². The van der Waals surface area contributed by atoms with E-state index in [1.54, 1.807) is 7.11 Å². The van der Waals surface area contributed by atoms with Crippen molar-refractivity contribution >= 4 is 19.2 Å². The third-order valence-corrected chi connectivity index (χ3v) is 6.85. The number of phosphoric ester groups is 1. The molecule has 0 unspecified atom stereocenters. The van der Waals surface area contributed by atoms with Gasteiger partial charge in [0.05, 0.1) is 38.0 Å². The number of methoxy groups -OCH3 is 1. The van der Waals surface area contributed by atoms with E-state index < -0.39 is 31.7 Å². The topological polar surface area (TPSA) is 146 Å². The fourth-order valence-electron chi connectivity index (χ4n) is 3.19. The number of aromatic nitrogens is 2. The van der Waals surface area contributed by atoms with Gasteiger partial charge in [0.1, 0.15) is 28.1 Å². The lowest BCUT2D eigenvalue weighted by Gasteiger charge is -2.21. The van der Waals surface area contributed by atoms with Gasteiger partial charge in [0.2, 0.25) is 0 Å². The maximum Gasteiger partial charge on any atom is 0.469 e. The highest BCUT2D eigenvalue weighted by molar-refractivity contribution is 7.46. The molecular formula is C23H27F3N3O7PS. The summed E-state index contributed by atoms with van der Waals surface area (Å²) in [4.78, 5) is 17.8. The number of nitrogens with zero attached hydrogens (tertiary/aromatic N) is 2. The molecule has 0 bridgehead atoms. The van der Waals surface area contributed by atoms with Crippen LogP contribution in [-0.2, 0) is 32.0 Å². The molecule has 10 nitrogen and oxygen atoms in total. The molecule has 208 valence electrons. The van der Waals surface area contributed by atoms with Crippen molar-refractivity contribution < 1.29 is 46.3 Å². The first-order valence-corrected chi connectivity index (χ1v) is 13.5. The van der Waals surface area contributed by atoms with Crippen LogP contribution in [0.25, 0.3) is 10.6 Å². The van der Waals surface area contributed by atoms with E-state index in [9.17, 15) is 17.7 Å². The van der Waals surface area contributed by atoms with E-state index >= 15 is 0 Å². The van der Waals surface area contributed by atoms with Crippen molar-refractivity contribution in [2.75, 3.05) is 33.5 Å². The number of ether oxygens (including phenoxy) is 3. The van der Waals surface area contributed by atoms with Crippen molar-refractivity contribution in [3.8, 4) is 22.1 Å². The summed E-state index contributed by atoms with van der Waals surface area (Å²) in [5.74, 6) is 0.366. The number of nitrogens with two attached hydrogens (primary N) is 1. The largest absolute Gasteiger partial charge is 0.497 e. The molecule has 15 heteroatoms. The Balaban J connectivity index is 1.62. The third kappa shape index (κ3) is 8.73. The van der Waals surface area contributed by atoms with Crippen LogP contribution in [0.5, 0.6) is 11.5 Å². The van der Waals surface area contributed by atoms with Crippen LogP contribution in [0.3, 0.4) is 0 Å². The second kappa shape index (κ2) is 12.5. The Kier molecular flexibility index (Phi) is 9.87. The summed E-state index contributed by atoms with van der Waals surface area (Å²) in [5, 5.41) is 8.00. The molecule has 0 aliphatic heterocycles. The predicted octanol–water partition coefficient (Wildman–Crippen LogP) is 4.15. The molecule has 2 aromatic carbocycles. The SMILES string of the molecule is COc1cccc(CCOCCOc2ccc(-c3nnc([C@@](C)(N)COP(=O)(O)O)s3)cc2C(F)(F)F)c1. The molecule has 0 aliphatic rings. The van der Waals surface area contributed by atoms with Crippen LogP contribution in [0.4, 0.5) is 13.2 Å². The Morgan fingerprint density at radius 3 is 2.53 bits per heavy atom. The Labute approximate surface area is 220 Å². The summed E-state index contributed by atoms with van der Waals surface area (Å²) in [6.45, 7) is 1.20. The normalized spacial score (nSPS) is 13.8. The van der Waals surface area contributed by atoms with E-state index in [0.717, 1.165) is 28.7 Å². The average molecular weight is 578 g/mol. The lowest BCUT2D eigenvalue weighted by atomic mass is 10.1. The second-order valence-electron chi connectivity index (χ2n) is 8.36. The summed E-state index contributed by atoms with van der Waals surface area (Å²) in [6, 6.07) is 11.0. The van der Waals surface area contributed by atoms with Gasteiger partial charge in [-0.05, 0) is 49.2 Å². The highest BCUT2D eigenvalue weighted by Gasteiger charge is 2.35. The number of halogens is 3. The molecular weight excluding hydrogens is 550 g/mol. The van der Waals surface area contributed by atoms with Crippen molar-refractivity contribution in [1.29, 1.82) is 0 Å². The Hall–Kier alpha value is -2.58. The minimum Gasteiger partial charge on any atom is -0.497 e. The molecule has 0 aliphatic carbocycles. The van der Waals surface area contributed by atoms with E-state index in [2.05, 4.69) is 14.7 Å². The van der Waals surface area contributed by atoms with Crippen LogP contribution in [0.2, 0.25) is 0 Å². The first kappa shape index (κ1) is 30.0. The molecule has 0 amide bonds. The monoisotopic (exact) mass is 577 g/mol. The molecule has 3 aromatic rings. The molecule has 3 rings (SSSR count).